The highest BCUT2D eigenvalue weighted by atomic mass is 16.5. The van der Waals surface area contributed by atoms with E-state index in [-0.39, 0.29) is 12.4 Å². The van der Waals surface area contributed by atoms with Gasteiger partial charge in [0.1, 0.15) is 12.0 Å². The van der Waals surface area contributed by atoms with Crippen molar-refractivity contribution in [2.75, 3.05) is 6.61 Å². The predicted octanol–water partition coefficient (Wildman–Crippen LogP) is 1.42. The number of carboxylic acids is 1. The molecular formula is C11H12O4. The minimum absolute atomic E-state index is 0.0694. The first-order valence-electron chi connectivity index (χ1n) is 4.70. The highest BCUT2D eigenvalue weighted by Gasteiger charge is 2.39. The Hall–Kier alpha value is -1.71. The number of phenols is 1. The Balaban J connectivity index is 2.39. The Morgan fingerprint density at radius 3 is 2.93 bits per heavy atom. The standard InChI is InChI=1S/C11H12O4/c1-11(10(13)14)5-7-3-2-4-8(12)9(7)15-6-11/h2-4,12H,5-6H2,1H3,(H,13,14). The first-order chi connectivity index (χ1) is 7.03. The number of benzene rings is 1. The summed E-state index contributed by atoms with van der Waals surface area (Å²) in [4.78, 5) is 11.0. The smallest absolute Gasteiger partial charge is 0.313 e. The number of para-hydroxylation sites is 1. The zero-order valence-corrected chi connectivity index (χ0v) is 8.36. The fraction of sp³-hybridized carbons (Fsp3) is 0.364. The highest BCUT2D eigenvalue weighted by Crippen LogP contribution is 2.39. The van der Waals surface area contributed by atoms with E-state index in [1.54, 1.807) is 19.1 Å². The minimum Gasteiger partial charge on any atom is -0.504 e. The Kier molecular flexibility index (Phi) is 2.07. The van der Waals surface area contributed by atoms with E-state index >= 15 is 0 Å². The van der Waals surface area contributed by atoms with Crippen LogP contribution in [0.25, 0.3) is 0 Å². The number of carboxylic acid groups (broad SMARTS) is 1. The molecule has 0 spiro atoms. The molecule has 4 heteroatoms. The van der Waals surface area contributed by atoms with Gasteiger partial charge in [0.2, 0.25) is 0 Å². The van der Waals surface area contributed by atoms with E-state index in [1.807, 2.05) is 0 Å². The number of hydrogen-bond acceptors (Lipinski definition) is 3. The molecule has 0 saturated carbocycles. The monoisotopic (exact) mass is 208 g/mol. The first kappa shape index (κ1) is 9.83. The van der Waals surface area contributed by atoms with E-state index in [1.165, 1.54) is 6.07 Å². The maximum atomic E-state index is 11.0. The van der Waals surface area contributed by atoms with Gasteiger partial charge in [0.15, 0.2) is 11.5 Å². The third-order valence-electron chi connectivity index (χ3n) is 2.71. The van der Waals surface area contributed by atoms with E-state index in [0.717, 1.165) is 5.56 Å². The fourth-order valence-electron chi connectivity index (χ4n) is 1.72. The summed E-state index contributed by atoms with van der Waals surface area (Å²) in [5, 5.41) is 18.5. The van der Waals surface area contributed by atoms with E-state index in [9.17, 15) is 9.90 Å². The van der Waals surface area contributed by atoms with Crippen LogP contribution in [0.15, 0.2) is 18.2 Å². The number of aliphatic carboxylic acids is 1. The Labute approximate surface area is 87.1 Å². The number of hydrogen-bond donors (Lipinski definition) is 2. The molecule has 1 heterocycles. The van der Waals surface area contributed by atoms with Gasteiger partial charge in [-0.05, 0) is 25.0 Å². The zero-order chi connectivity index (χ0) is 11.1. The molecule has 0 saturated heterocycles. The van der Waals surface area contributed by atoms with Gasteiger partial charge in [0, 0.05) is 0 Å². The molecule has 1 aliphatic rings. The lowest BCUT2D eigenvalue weighted by atomic mass is 9.82. The van der Waals surface area contributed by atoms with Crippen LogP contribution in [0.5, 0.6) is 11.5 Å². The van der Waals surface area contributed by atoms with Gasteiger partial charge in [-0.3, -0.25) is 4.79 Å². The molecule has 80 valence electrons. The molecule has 0 fully saturated rings. The van der Waals surface area contributed by atoms with Crippen LogP contribution in [0.3, 0.4) is 0 Å². The van der Waals surface area contributed by atoms with Crippen molar-refractivity contribution in [1.29, 1.82) is 0 Å². The second-order valence-electron chi connectivity index (χ2n) is 4.10. The lowest BCUT2D eigenvalue weighted by Gasteiger charge is -2.31. The molecule has 0 bridgehead atoms. The molecule has 0 amide bonds. The zero-order valence-electron chi connectivity index (χ0n) is 8.36. The highest BCUT2D eigenvalue weighted by molar-refractivity contribution is 5.75. The topological polar surface area (TPSA) is 66.8 Å². The number of fused-ring (bicyclic) bond motifs is 1. The van der Waals surface area contributed by atoms with Crippen molar-refractivity contribution in [1.82, 2.24) is 0 Å². The van der Waals surface area contributed by atoms with Crippen molar-refractivity contribution in [3.8, 4) is 11.5 Å². The van der Waals surface area contributed by atoms with Gasteiger partial charge in [-0.1, -0.05) is 12.1 Å². The summed E-state index contributed by atoms with van der Waals surface area (Å²) in [6.07, 6.45) is 0.381. The van der Waals surface area contributed by atoms with Gasteiger partial charge >= 0.3 is 5.97 Å². The molecule has 15 heavy (non-hydrogen) atoms. The largest absolute Gasteiger partial charge is 0.504 e. The molecular weight excluding hydrogens is 196 g/mol. The van der Waals surface area contributed by atoms with Crippen molar-refractivity contribution in [2.45, 2.75) is 13.3 Å². The summed E-state index contributed by atoms with van der Waals surface area (Å²) < 4.78 is 5.30. The number of phenolic OH excluding ortho intramolecular Hbond substituents is 1. The van der Waals surface area contributed by atoms with Crippen LogP contribution in [0.2, 0.25) is 0 Å². The summed E-state index contributed by atoms with van der Waals surface area (Å²) >= 11 is 0. The first-order valence-corrected chi connectivity index (χ1v) is 4.70. The Morgan fingerprint density at radius 2 is 2.27 bits per heavy atom. The third-order valence-corrected chi connectivity index (χ3v) is 2.71. The molecule has 2 N–H and O–H groups in total. The van der Waals surface area contributed by atoms with Crippen LogP contribution in [0.1, 0.15) is 12.5 Å². The third kappa shape index (κ3) is 1.52. The SMILES string of the molecule is CC1(C(=O)O)COc2c(O)cccc2C1. The van der Waals surface area contributed by atoms with Crippen LogP contribution in [0.4, 0.5) is 0 Å². The van der Waals surface area contributed by atoms with Gasteiger partial charge in [-0.25, -0.2) is 0 Å². The molecule has 1 aromatic rings. The van der Waals surface area contributed by atoms with Crippen molar-refractivity contribution >= 4 is 5.97 Å². The van der Waals surface area contributed by atoms with Crippen LogP contribution >= 0.6 is 0 Å². The van der Waals surface area contributed by atoms with E-state index in [2.05, 4.69) is 0 Å². The van der Waals surface area contributed by atoms with Crippen LogP contribution in [0, 0.1) is 5.41 Å². The fourth-order valence-corrected chi connectivity index (χ4v) is 1.72. The second kappa shape index (κ2) is 3.15. The van der Waals surface area contributed by atoms with E-state index in [0.29, 0.717) is 12.2 Å². The Bertz CT molecular complexity index is 413. The molecule has 4 nitrogen and oxygen atoms in total. The van der Waals surface area contributed by atoms with Gasteiger partial charge in [0.05, 0.1) is 0 Å². The normalized spacial score (nSPS) is 24.1. The van der Waals surface area contributed by atoms with E-state index in [4.69, 9.17) is 9.84 Å². The summed E-state index contributed by atoms with van der Waals surface area (Å²) in [5.74, 6) is -0.396. The molecule has 1 aromatic carbocycles. The maximum absolute atomic E-state index is 11.0. The van der Waals surface area contributed by atoms with Crippen LogP contribution in [-0.2, 0) is 11.2 Å². The maximum Gasteiger partial charge on any atom is 0.313 e. The molecule has 1 unspecified atom stereocenters. The van der Waals surface area contributed by atoms with Gasteiger partial charge in [-0.15, -0.1) is 0 Å². The van der Waals surface area contributed by atoms with E-state index < -0.39 is 11.4 Å². The molecule has 1 aliphatic heterocycles. The number of ether oxygens (including phenoxy) is 1. The summed E-state index contributed by atoms with van der Waals surface area (Å²) in [6.45, 7) is 1.73. The molecule has 2 rings (SSSR count). The quantitative estimate of drug-likeness (QED) is 0.732. The minimum atomic E-state index is -0.902. The van der Waals surface area contributed by atoms with Gasteiger partial charge in [0.25, 0.3) is 0 Å². The second-order valence-corrected chi connectivity index (χ2v) is 4.10. The summed E-state index contributed by atoms with van der Waals surface area (Å²) in [6, 6.07) is 4.99. The molecule has 0 aromatic heterocycles. The van der Waals surface area contributed by atoms with Crippen molar-refractivity contribution < 1.29 is 19.7 Å². The number of carbonyl (C=O) groups is 1. The average Bonchev–Trinajstić information content (AvgIpc) is 2.17. The molecule has 0 aliphatic carbocycles. The Morgan fingerprint density at radius 1 is 1.53 bits per heavy atom. The van der Waals surface area contributed by atoms with Crippen LogP contribution < -0.4 is 4.74 Å². The average molecular weight is 208 g/mol. The van der Waals surface area contributed by atoms with Crippen LogP contribution in [-0.4, -0.2) is 22.8 Å². The van der Waals surface area contributed by atoms with Crippen molar-refractivity contribution in [2.24, 2.45) is 5.41 Å². The lowest BCUT2D eigenvalue weighted by Crippen LogP contribution is -2.39. The van der Waals surface area contributed by atoms with Gasteiger partial charge < -0.3 is 14.9 Å². The molecule has 1 atom stereocenters. The lowest BCUT2D eigenvalue weighted by molar-refractivity contribution is -0.150. The summed E-state index contributed by atoms with van der Waals surface area (Å²) in [5.41, 5.74) is -0.160. The number of rotatable bonds is 1. The predicted molar refractivity (Wildman–Crippen MR) is 53.0 cm³/mol. The van der Waals surface area contributed by atoms with Crippen molar-refractivity contribution in [3.05, 3.63) is 23.8 Å². The number of aromatic hydroxyl groups is 1. The van der Waals surface area contributed by atoms with Crippen molar-refractivity contribution in [3.63, 3.8) is 0 Å². The molecule has 0 radical (unpaired) electrons. The summed E-state index contributed by atoms with van der Waals surface area (Å²) in [7, 11) is 0. The van der Waals surface area contributed by atoms with Gasteiger partial charge in [-0.2, -0.15) is 0 Å².